The minimum atomic E-state index is -3.68. The molecule has 0 aromatic heterocycles. The Hall–Kier alpha value is -1.15. The van der Waals surface area contributed by atoms with Gasteiger partial charge in [0, 0.05) is 45.3 Å². The van der Waals surface area contributed by atoms with Crippen molar-refractivity contribution in [2.75, 3.05) is 32.5 Å². The van der Waals surface area contributed by atoms with E-state index in [0.717, 1.165) is 0 Å². The van der Waals surface area contributed by atoms with Gasteiger partial charge in [0.25, 0.3) is 0 Å². The number of nitrogens with zero attached hydrogens (tertiary/aromatic N) is 1. The van der Waals surface area contributed by atoms with Crippen LogP contribution in [0.15, 0.2) is 23.1 Å². The Morgan fingerprint density at radius 2 is 2.00 bits per heavy atom. The Kier molecular flexibility index (Phi) is 4.57. The standard InChI is InChI=1S/C14H22N2O4S/c1-11-12(15)4-3-5-13(11)21(18,19)16(2)10-14(17)6-8-20-9-7-14/h3-5,17H,6-10,15H2,1-2H3. The van der Waals surface area contributed by atoms with Gasteiger partial charge in [-0.2, -0.15) is 4.31 Å². The molecule has 6 nitrogen and oxygen atoms in total. The van der Waals surface area contributed by atoms with Crippen LogP contribution in [0.4, 0.5) is 5.69 Å². The Labute approximate surface area is 125 Å². The highest BCUT2D eigenvalue weighted by molar-refractivity contribution is 7.89. The van der Waals surface area contributed by atoms with Gasteiger partial charge in [0.1, 0.15) is 0 Å². The first-order valence-corrected chi connectivity index (χ1v) is 8.32. The van der Waals surface area contributed by atoms with Gasteiger partial charge in [-0.25, -0.2) is 8.42 Å². The molecule has 1 heterocycles. The normalized spacial score (nSPS) is 18.9. The predicted molar refractivity (Wildman–Crippen MR) is 80.4 cm³/mol. The van der Waals surface area contributed by atoms with Crippen LogP contribution in [-0.2, 0) is 14.8 Å². The molecule has 0 bridgehead atoms. The Morgan fingerprint density at radius 3 is 2.62 bits per heavy atom. The SMILES string of the molecule is Cc1c(N)cccc1S(=O)(=O)N(C)CC1(O)CCOCC1. The number of aliphatic hydroxyl groups is 1. The van der Waals surface area contributed by atoms with Crippen LogP contribution >= 0.6 is 0 Å². The minimum Gasteiger partial charge on any atom is -0.398 e. The summed E-state index contributed by atoms with van der Waals surface area (Å²) in [5.41, 5.74) is 5.72. The average molecular weight is 314 g/mol. The highest BCUT2D eigenvalue weighted by Crippen LogP contribution is 2.27. The molecule has 118 valence electrons. The van der Waals surface area contributed by atoms with E-state index in [1.54, 1.807) is 19.1 Å². The largest absolute Gasteiger partial charge is 0.398 e. The summed E-state index contributed by atoms with van der Waals surface area (Å²) in [5, 5.41) is 10.5. The topological polar surface area (TPSA) is 92.9 Å². The third kappa shape index (κ3) is 3.37. The van der Waals surface area contributed by atoms with Crippen LogP contribution in [0.1, 0.15) is 18.4 Å². The number of anilines is 1. The van der Waals surface area contributed by atoms with Crippen LogP contribution in [0, 0.1) is 6.92 Å². The molecule has 1 aromatic rings. The lowest BCUT2D eigenvalue weighted by atomic mass is 9.95. The van der Waals surface area contributed by atoms with Crippen molar-refractivity contribution in [2.24, 2.45) is 0 Å². The summed E-state index contributed by atoms with van der Waals surface area (Å²) in [6.07, 6.45) is 0.867. The van der Waals surface area contributed by atoms with Crippen LogP contribution < -0.4 is 5.73 Å². The first-order valence-electron chi connectivity index (χ1n) is 6.88. The molecule has 7 heteroatoms. The van der Waals surface area contributed by atoms with Gasteiger partial charge in [-0.1, -0.05) is 6.07 Å². The van der Waals surface area contributed by atoms with E-state index < -0.39 is 15.6 Å². The van der Waals surface area contributed by atoms with Crippen LogP contribution in [0.5, 0.6) is 0 Å². The molecule has 2 rings (SSSR count). The zero-order valence-corrected chi connectivity index (χ0v) is 13.2. The molecule has 1 aliphatic rings. The smallest absolute Gasteiger partial charge is 0.243 e. The van der Waals surface area contributed by atoms with E-state index in [1.807, 2.05) is 0 Å². The molecule has 21 heavy (non-hydrogen) atoms. The summed E-state index contributed by atoms with van der Waals surface area (Å²) in [6.45, 7) is 2.62. The van der Waals surface area contributed by atoms with Gasteiger partial charge in [-0.05, 0) is 24.6 Å². The summed E-state index contributed by atoms with van der Waals surface area (Å²) in [5.74, 6) is 0. The van der Waals surface area contributed by atoms with E-state index >= 15 is 0 Å². The van der Waals surface area contributed by atoms with Crippen LogP contribution in [0.2, 0.25) is 0 Å². The number of ether oxygens (including phenoxy) is 1. The summed E-state index contributed by atoms with van der Waals surface area (Å²) in [6, 6.07) is 4.82. The Balaban J connectivity index is 2.24. The zero-order chi connectivity index (χ0) is 15.7. The monoisotopic (exact) mass is 314 g/mol. The molecule has 1 aromatic carbocycles. The second kappa shape index (κ2) is 5.92. The van der Waals surface area contributed by atoms with E-state index in [0.29, 0.717) is 37.3 Å². The van der Waals surface area contributed by atoms with E-state index in [4.69, 9.17) is 10.5 Å². The summed E-state index contributed by atoms with van der Waals surface area (Å²) in [7, 11) is -2.20. The van der Waals surface area contributed by atoms with Gasteiger partial charge in [-0.3, -0.25) is 0 Å². The highest BCUT2D eigenvalue weighted by Gasteiger charge is 2.35. The van der Waals surface area contributed by atoms with Crippen LogP contribution in [0.25, 0.3) is 0 Å². The molecule has 1 saturated heterocycles. The highest BCUT2D eigenvalue weighted by atomic mass is 32.2. The molecule has 1 fully saturated rings. The first-order chi connectivity index (χ1) is 9.76. The van der Waals surface area contributed by atoms with Crippen molar-refractivity contribution in [1.29, 1.82) is 0 Å². The van der Waals surface area contributed by atoms with Crippen molar-refractivity contribution in [1.82, 2.24) is 4.31 Å². The number of rotatable bonds is 4. The maximum absolute atomic E-state index is 12.6. The molecule has 0 saturated carbocycles. The molecule has 1 aliphatic heterocycles. The third-order valence-electron chi connectivity index (χ3n) is 3.95. The second-order valence-electron chi connectivity index (χ2n) is 5.57. The van der Waals surface area contributed by atoms with Gasteiger partial charge in [-0.15, -0.1) is 0 Å². The van der Waals surface area contributed by atoms with E-state index in [1.165, 1.54) is 17.4 Å². The maximum Gasteiger partial charge on any atom is 0.243 e. The molecular weight excluding hydrogens is 292 g/mol. The number of nitrogens with two attached hydrogens (primary N) is 1. The summed E-state index contributed by atoms with van der Waals surface area (Å²) < 4.78 is 31.7. The third-order valence-corrected chi connectivity index (χ3v) is 5.90. The van der Waals surface area contributed by atoms with Crippen LogP contribution in [-0.4, -0.2) is 50.2 Å². The fourth-order valence-electron chi connectivity index (χ4n) is 2.49. The van der Waals surface area contributed by atoms with Gasteiger partial charge in [0.2, 0.25) is 10.0 Å². The van der Waals surface area contributed by atoms with Crippen molar-refractivity contribution in [3.8, 4) is 0 Å². The molecule has 0 aliphatic carbocycles. The van der Waals surface area contributed by atoms with Gasteiger partial charge >= 0.3 is 0 Å². The molecule has 0 spiro atoms. The maximum atomic E-state index is 12.6. The lowest BCUT2D eigenvalue weighted by molar-refractivity contribution is -0.0689. The van der Waals surface area contributed by atoms with Gasteiger partial charge in [0.15, 0.2) is 0 Å². The molecule has 3 N–H and O–H groups in total. The van der Waals surface area contributed by atoms with Crippen molar-refractivity contribution in [2.45, 2.75) is 30.3 Å². The molecule has 0 amide bonds. The average Bonchev–Trinajstić information content (AvgIpc) is 2.42. The van der Waals surface area contributed by atoms with E-state index in [-0.39, 0.29) is 11.4 Å². The number of likely N-dealkylation sites (N-methyl/N-ethyl adjacent to an activating group) is 1. The summed E-state index contributed by atoms with van der Waals surface area (Å²) >= 11 is 0. The quantitative estimate of drug-likeness (QED) is 0.800. The van der Waals surface area contributed by atoms with Crippen molar-refractivity contribution < 1.29 is 18.3 Å². The van der Waals surface area contributed by atoms with Gasteiger partial charge in [0.05, 0.1) is 10.5 Å². The van der Waals surface area contributed by atoms with E-state index in [9.17, 15) is 13.5 Å². The predicted octanol–water partition coefficient (Wildman–Crippen LogP) is 0.739. The molecule has 0 atom stereocenters. The van der Waals surface area contributed by atoms with Crippen molar-refractivity contribution in [3.05, 3.63) is 23.8 Å². The minimum absolute atomic E-state index is 0.0485. The first kappa shape index (κ1) is 16.2. The number of benzene rings is 1. The number of hydrogen-bond acceptors (Lipinski definition) is 5. The number of hydrogen-bond donors (Lipinski definition) is 2. The molecule has 0 unspecified atom stereocenters. The molecule has 0 radical (unpaired) electrons. The van der Waals surface area contributed by atoms with Crippen molar-refractivity contribution >= 4 is 15.7 Å². The van der Waals surface area contributed by atoms with E-state index in [2.05, 4.69) is 0 Å². The lowest BCUT2D eigenvalue weighted by Gasteiger charge is -2.35. The second-order valence-corrected chi connectivity index (χ2v) is 7.58. The Bertz CT molecular complexity index is 609. The van der Waals surface area contributed by atoms with Crippen LogP contribution in [0.3, 0.4) is 0 Å². The Morgan fingerprint density at radius 1 is 1.38 bits per heavy atom. The van der Waals surface area contributed by atoms with Crippen molar-refractivity contribution in [3.63, 3.8) is 0 Å². The molecular formula is C14H22N2O4S. The number of sulfonamides is 1. The number of nitrogen functional groups attached to an aromatic ring is 1. The van der Waals surface area contributed by atoms with Gasteiger partial charge < -0.3 is 15.6 Å². The summed E-state index contributed by atoms with van der Waals surface area (Å²) in [4.78, 5) is 0.181. The lowest BCUT2D eigenvalue weighted by Crippen LogP contribution is -2.47. The zero-order valence-electron chi connectivity index (χ0n) is 12.4. The fraction of sp³-hybridized carbons (Fsp3) is 0.571. The fourth-order valence-corrected chi connectivity index (χ4v) is 3.99.